The minimum absolute atomic E-state index is 0.146. The van der Waals surface area contributed by atoms with Crippen LogP contribution < -0.4 is 5.32 Å². The zero-order valence-electron chi connectivity index (χ0n) is 11.0. The molecule has 2 aromatic rings. The molecule has 1 heterocycles. The summed E-state index contributed by atoms with van der Waals surface area (Å²) in [5, 5.41) is 11.7. The Morgan fingerprint density at radius 3 is 2.75 bits per heavy atom. The number of rotatable bonds is 4. The number of anilines is 1. The summed E-state index contributed by atoms with van der Waals surface area (Å²) < 4.78 is 0. The minimum Gasteiger partial charge on any atom is -0.478 e. The van der Waals surface area contributed by atoms with E-state index < -0.39 is 5.97 Å². The van der Waals surface area contributed by atoms with Crippen LogP contribution in [0.15, 0.2) is 42.7 Å². The molecule has 5 nitrogen and oxygen atoms in total. The van der Waals surface area contributed by atoms with Gasteiger partial charge < -0.3 is 10.4 Å². The second-order valence-electron chi connectivity index (χ2n) is 4.42. The summed E-state index contributed by atoms with van der Waals surface area (Å²) in [7, 11) is 0. The number of carboxylic acids is 1. The highest BCUT2D eigenvalue weighted by atomic mass is 16.4. The van der Waals surface area contributed by atoms with Crippen molar-refractivity contribution in [2.45, 2.75) is 13.3 Å². The molecule has 2 N–H and O–H groups in total. The molecule has 0 saturated carbocycles. The normalized spacial score (nSPS) is 10.1. The third-order valence-electron chi connectivity index (χ3n) is 2.85. The van der Waals surface area contributed by atoms with Gasteiger partial charge in [-0.15, -0.1) is 0 Å². The predicted octanol–water partition coefficient (Wildman–Crippen LogP) is 2.27. The molecule has 5 heteroatoms. The van der Waals surface area contributed by atoms with Gasteiger partial charge in [0.25, 0.3) is 0 Å². The molecule has 0 fully saturated rings. The molecule has 1 aromatic carbocycles. The number of nitrogens with zero attached hydrogens (tertiary/aromatic N) is 1. The Bertz CT molecular complexity index is 639. The molecular weight excluding hydrogens is 256 g/mol. The SMILES string of the molecule is Cc1ccc(C(=O)O)cc1NC(=O)Cc1cccnc1. The summed E-state index contributed by atoms with van der Waals surface area (Å²) in [6.45, 7) is 1.81. The largest absolute Gasteiger partial charge is 0.478 e. The number of aromatic nitrogens is 1. The van der Waals surface area contributed by atoms with Crippen LogP contribution in [0.5, 0.6) is 0 Å². The number of hydrogen-bond donors (Lipinski definition) is 2. The predicted molar refractivity (Wildman–Crippen MR) is 74.7 cm³/mol. The number of carbonyl (C=O) groups is 2. The molecule has 0 aliphatic heterocycles. The second-order valence-corrected chi connectivity index (χ2v) is 4.42. The number of amides is 1. The smallest absolute Gasteiger partial charge is 0.335 e. The monoisotopic (exact) mass is 270 g/mol. The van der Waals surface area contributed by atoms with Crippen LogP contribution in [-0.2, 0) is 11.2 Å². The lowest BCUT2D eigenvalue weighted by molar-refractivity contribution is -0.115. The zero-order valence-corrected chi connectivity index (χ0v) is 11.0. The number of aromatic carboxylic acids is 1. The van der Waals surface area contributed by atoms with E-state index in [1.54, 1.807) is 24.5 Å². The van der Waals surface area contributed by atoms with Crippen LogP contribution in [0, 0.1) is 6.92 Å². The van der Waals surface area contributed by atoms with Crippen LogP contribution in [0.25, 0.3) is 0 Å². The fourth-order valence-corrected chi connectivity index (χ4v) is 1.77. The molecule has 20 heavy (non-hydrogen) atoms. The Balaban J connectivity index is 2.11. The molecule has 0 spiro atoms. The highest BCUT2D eigenvalue weighted by Crippen LogP contribution is 2.17. The van der Waals surface area contributed by atoms with Crippen molar-refractivity contribution in [2.24, 2.45) is 0 Å². The van der Waals surface area contributed by atoms with Crippen molar-refractivity contribution < 1.29 is 14.7 Å². The summed E-state index contributed by atoms with van der Waals surface area (Å²) in [6.07, 6.45) is 3.46. The van der Waals surface area contributed by atoms with Crippen LogP contribution >= 0.6 is 0 Å². The topological polar surface area (TPSA) is 79.3 Å². The van der Waals surface area contributed by atoms with E-state index in [2.05, 4.69) is 10.3 Å². The molecule has 0 unspecified atom stereocenters. The average Bonchev–Trinajstić information content (AvgIpc) is 2.42. The molecule has 0 bridgehead atoms. The van der Waals surface area contributed by atoms with Gasteiger partial charge in [0.2, 0.25) is 5.91 Å². The van der Waals surface area contributed by atoms with Gasteiger partial charge in [0.15, 0.2) is 0 Å². The van der Waals surface area contributed by atoms with Gasteiger partial charge in [-0.1, -0.05) is 12.1 Å². The van der Waals surface area contributed by atoms with Crippen molar-refractivity contribution in [2.75, 3.05) is 5.32 Å². The van der Waals surface area contributed by atoms with Crippen molar-refractivity contribution >= 4 is 17.6 Å². The van der Waals surface area contributed by atoms with Crippen LogP contribution in [0.1, 0.15) is 21.5 Å². The van der Waals surface area contributed by atoms with Crippen molar-refractivity contribution in [3.8, 4) is 0 Å². The molecule has 0 radical (unpaired) electrons. The lowest BCUT2D eigenvalue weighted by Gasteiger charge is -2.09. The maximum absolute atomic E-state index is 11.9. The van der Waals surface area contributed by atoms with Gasteiger partial charge in [-0.05, 0) is 36.2 Å². The molecule has 0 saturated heterocycles. The third kappa shape index (κ3) is 3.41. The number of hydrogen-bond acceptors (Lipinski definition) is 3. The van der Waals surface area contributed by atoms with Crippen LogP contribution in [-0.4, -0.2) is 22.0 Å². The summed E-state index contributed by atoms with van der Waals surface area (Å²) in [5.74, 6) is -1.23. The lowest BCUT2D eigenvalue weighted by Crippen LogP contribution is -2.15. The van der Waals surface area contributed by atoms with E-state index in [1.165, 1.54) is 12.1 Å². The van der Waals surface area contributed by atoms with Crippen LogP contribution in [0.2, 0.25) is 0 Å². The van der Waals surface area contributed by atoms with E-state index >= 15 is 0 Å². The maximum atomic E-state index is 11.9. The number of aryl methyl sites for hydroxylation is 1. The average molecular weight is 270 g/mol. The Labute approximate surface area is 116 Å². The maximum Gasteiger partial charge on any atom is 0.335 e. The standard InChI is InChI=1S/C15H14N2O3/c1-10-4-5-12(15(19)20)8-13(10)17-14(18)7-11-3-2-6-16-9-11/h2-6,8-9H,7H2,1H3,(H,17,18)(H,19,20). The number of carbonyl (C=O) groups excluding carboxylic acids is 1. The Morgan fingerprint density at radius 1 is 1.30 bits per heavy atom. The van der Waals surface area contributed by atoms with Gasteiger partial charge in [-0.2, -0.15) is 0 Å². The number of pyridine rings is 1. The summed E-state index contributed by atoms with van der Waals surface area (Å²) in [6, 6.07) is 8.21. The summed E-state index contributed by atoms with van der Waals surface area (Å²) in [4.78, 5) is 26.8. The van der Waals surface area contributed by atoms with Gasteiger partial charge >= 0.3 is 5.97 Å². The van der Waals surface area contributed by atoms with Crippen molar-refractivity contribution in [3.05, 3.63) is 59.4 Å². The highest BCUT2D eigenvalue weighted by molar-refractivity contribution is 5.95. The van der Waals surface area contributed by atoms with E-state index in [9.17, 15) is 9.59 Å². The lowest BCUT2D eigenvalue weighted by atomic mass is 10.1. The molecule has 2 rings (SSSR count). The van der Waals surface area contributed by atoms with Gasteiger partial charge in [-0.3, -0.25) is 9.78 Å². The molecule has 0 aliphatic carbocycles. The number of benzene rings is 1. The van der Waals surface area contributed by atoms with Crippen molar-refractivity contribution in [1.29, 1.82) is 0 Å². The van der Waals surface area contributed by atoms with Gasteiger partial charge in [0.1, 0.15) is 0 Å². The zero-order chi connectivity index (χ0) is 14.5. The van der Waals surface area contributed by atoms with E-state index in [4.69, 9.17) is 5.11 Å². The first-order valence-corrected chi connectivity index (χ1v) is 6.09. The highest BCUT2D eigenvalue weighted by Gasteiger charge is 2.09. The molecule has 0 aliphatic rings. The van der Waals surface area contributed by atoms with E-state index in [-0.39, 0.29) is 17.9 Å². The van der Waals surface area contributed by atoms with Gasteiger partial charge in [0.05, 0.1) is 12.0 Å². The van der Waals surface area contributed by atoms with Crippen LogP contribution in [0.3, 0.4) is 0 Å². The second kappa shape index (κ2) is 5.97. The molecule has 1 amide bonds. The number of carboxylic acid groups (broad SMARTS) is 1. The van der Waals surface area contributed by atoms with Crippen molar-refractivity contribution in [3.63, 3.8) is 0 Å². The van der Waals surface area contributed by atoms with E-state index in [0.717, 1.165) is 11.1 Å². The van der Waals surface area contributed by atoms with Gasteiger partial charge in [-0.25, -0.2) is 4.79 Å². The number of nitrogens with one attached hydrogen (secondary N) is 1. The quantitative estimate of drug-likeness (QED) is 0.893. The summed E-state index contributed by atoms with van der Waals surface area (Å²) in [5.41, 5.74) is 2.28. The van der Waals surface area contributed by atoms with Crippen LogP contribution in [0.4, 0.5) is 5.69 Å². The van der Waals surface area contributed by atoms with Crippen molar-refractivity contribution in [1.82, 2.24) is 4.98 Å². The molecule has 0 atom stereocenters. The van der Waals surface area contributed by atoms with E-state index in [1.807, 2.05) is 13.0 Å². The fourth-order valence-electron chi connectivity index (χ4n) is 1.77. The first-order valence-electron chi connectivity index (χ1n) is 6.09. The molecular formula is C15H14N2O3. The van der Waals surface area contributed by atoms with Gasteiger partial charge in [0, 0.05) is 18.1 Å². The Morgan fingerprint density at radius 2 is 2.10 bits per heavy atom. The first-order chi connectivity index (χ1) is 9.56. The fraction of sp³-hybridized carbons (Fsp3) is 0.133. The van der Waals surface area contributed by atoms with E-state index in [0.29, 0.717) is 5.69 Å². The minimum atomic E-state index is -1.02. The Kier molecular flexibility index (Phi) is 4.10. The Hall–Kier alpha value is -2.69. The summed E-state index contributed by atoms with van der Waals surface area (Å²) >= 11 is 0. The first kappa shape index (κ1) is 13.7. The molecule has 1 aromatic heterocycles. The molecule has 102 valence electrons. The third-order valence-corrected chi connectivity index (χ3v) is 2.85.